The van der Waals surface area contributed by atoms with E-state index in [1.54, 1.807) is 38.1 Å². The van der Waals surface area contributed by atoms with Crippen LogP contribution < -0.4 is 9.80 Å². The summed E-state index contributed by atoms with van der Waals surface area (Å²) in [5, 5.41) is 0. The van der Waals surface area contributed by atoms with E-state index >= 15 is 0 Å². The number of thioether (sulfide) groups is 2. The zero-order chi connectivity index (χ0) is 27.0. The van der Waals surface area contributed by atoms with Gasteiger partial charge in [0, 0.05) is 33.1 Å². The summed E-state index contributed by atoms with van der Waals surface area (Å²) in [6.07, 6.45) is 2.71. The molecule has 6 nitrogen and oxygen atoms in total. The van der Waals surface area contributed by atoms with Crippen LogP contribution in [0, 0.1) is 6.92 Å². The van der Waals surface area contributed by atoms with Crippen LogP contribution >= 0.6 is 23.5 Å². The van der Waals surface area contributed by atoms with Gasteiger partial charge in [0.05, 0.1) is 16.0 Å². The van der Waals surface area contributed by atoms with Crippen LogP contribution in [0.3, 0.4) is 0 Å². The molecule has 38 heavy (non-hydrogen) atoms. The van der Waals surface area contributed by atoms with E-state index in [-0.39, 0.29) is 28.2 Å². The van der Waals surface area contributed by atoms with Crippen molar-refractivity contribution in [2.45, 2.75) is 35.1 Å². The highest BCUT2D eigenvalue weighted by Crippen LogP contribution is 2.51. The van der Waals surface area contributed by atoms with Crippen LogP contribution in [0.1, 0.15) is 29.6 Å². The zero-order valence-electron chi connectivity index (χ0n) is 21.0. The Hall–Kier alpha value is -3.88. The molecule has 0 radical (unpaired) electrons. The maximum absolute atomic E-state index is 12.8. The van der Waals surface area contributed by atoms with Crippen molar-refractivity contribution >= 4 is 58.5 Å². The van der Waals surface area contributed by atoms with E-state index in [0.717, 1.165) is 20.9 Å². The number of benzene rings is 3. The van der Waals surface area contributed by atoms with E-state index in [0.29, 0.717) is 22.5 Å². The average Bonchev–Trinajstić information content (AvgIpc) is 3.30. The number of hydrogen-bond acceptors (Lipinski definition) is 6. The van der Waals surface area contributed by atoms with Crippen LogP contribution in [0.2, 0.25) is 0 Å². The Labute approximate surface area is 229 Å². The molecule has 2 aliphatic heterocycles. The fraction of sp³-hybridized carbons (Fsp3) is 0.133. The van der Waals surface area contributed by atoms with Gasteiger partial charge in [-0.15, -0.1) is 23.5 Å². The fourth-order valence-electron chi connectivity index (χ4n) is 4.32. The number of imide groups is 2. The molecule has 190 valence electrons. The topological polar surface area (TPSA) is 74.8 Å². The van der Waals surface area contributed by atoms with Gasteiger partial charge < -0.3 is 0 Å². The van der Waals surface area contributed by atoms with E-state index in [9.17, 15) is 19.2 Å². The summed E-state index contributed by atoms with van der Waals surface area (Å²) in [5.74, 6) is -1.39. The third kappa shape index (κ3) is 4.85. The van der Waals surface area contributed by atoms with Gasteiger partial charge in [0.25, 0.3) is 23.6 Å². The largest absolute Gasteiger partial charge is 0.269 e. The smallest absolute Gasteiger partial charge is 0.261 e. The van der Waals surface area contributed by atoms with E-state index in [2.05, 4.69) is 6.07 Å². The molecule has 0 spiro atoms. The van der Waals surface area contributed by atoms with Gasteiger partial charge >= 0.3 is 0 Å². The lowest BCUT2D eigenvalue weighted by Gasteiger charge is -2.24. The van der Waals surface area contributed by atoms with Crippen LogP contribution in [0.25, 0.3) is 0 Å². The monoisotopic (exact) mass is 540 g/mol. The van der Waals surface area contributed by atoms with E-state index in [1.165, 1.54) is 45.5 Å². The molecule has 0 atom stereocenters. The first-order chi connectivity index (χ1) is 18.2. The van der Waals surface area contributed by atoms with Gasteiger partial charge in [-0.25, -0.2) is 9.80 Å². The first-order valence-electron chi connectivity index (χ1n) is 12.0. The predicted octanol–water partition coefficient (Wildman–Crippen LogP) is 6.22. The molecule has 0 aromatic heterocycles. The number of anilines is 2. The SMILES string of the molecule is CC1=CC(=O)N(c2ccccc2SC(Sc2ccccc2N2C(=O)C=C(C)C2=O)c2cccc(C)c2)C1=O. The molecule has 0 fully saturated rings. The van der Waals surface area contributed by atoms with Crippen LogP contribution in [0.5, 0.6) is 0 Å². The minimum Gasteiger partial charge on any atom is -0.269 e. The second-order valence-corrected chi connectivity index (χ2v) is 11.6. The normalized spacial score (nSPS) is 15.6. The quantitative estimate of drug-likeness (QED) is 0.201. The second kappa shape index (κ2) is 10.5. The van der Waals surface area contributed by atoms with Gasteiger partial charge in [0.2, 0.25) is 0 Å². The summed E-state index contributed by atoms with van der Waals surface area (Å²) >= 11 is 3.02. The molecular formula is C30H24N2O4S2. The van der Waals surface area contributed by atoms with Gasteiger partial charge in [-0.2, -0.15) is 0 Å². The lowest BCUT2D eigenvalue weighted by atomic mass is 10.2. The minimum atomic E-state index is -0.361. The second-order valence-electron chi connectivity index (χ2n) is 9.03. The number of aryl methyl sites for hydroxylation is 1. The Kier molecular flexibility index (Phi) is 7.10. The van der Waals surface area contributed by atoms with Crippen molar-refractivity contribution in [1.82, 2.24) is 0 Å². The Balaban J connectivity index is 1.54. The van der Waals surface area contributed by atoms with Crippen LogP contribution in [0.4, 0.5) is 11.4 Å². The van der Waals surface area contributed by atoms with Crippen molar-refractivity contribution in [3.05, 3.63) is 107 Å². The number of amides is 4. The zero-order valence-corrected chi connectivity index (χ0v) is 22.6. The molecule has 3 aromatic carbocycles. The van der Waals surface area contributed by atoms with Gasteiger partial charge in [-0.05, 0) is 50.6 Å². The molecule has 0 saturated carbocycles. The Morgan fingerprint density at radius 2 is 1.08 bits per heavy atom. The van der Waals surface area contributed by atoms with Crippen LogP contribution in [-0.2, 0) is 19.2 Å². The Bertz CT molecular complexity index is 1470. The third-order valence-corrected chi connectivity index (χ3v) is 8.94. The van der Waals surface area contributed by atoms with Gasteiger partial charge in [-0.1, -0.05) is 54.1 Å². The van der Waals surface area contributed by atoms with Crippen molar-refractivity contribution in [2.75, 3.05) is 9.80 Å². The maximum atomic E-state index is 12.8. The standard InChI is InChI=1S/C30H24N2O4S2/c1-18-9-8-10-21(15-18)30(37-24-13-6-4-11-22(24)31-26(33)16-19(2)28(31)35)38-25-14-7-5-12-23(25)32-27(34)17-20(3)29(32)36/h4-17,30H,1-3H3. The first-order valence-corrected chi connectivity index (χ1v) is 13.7. The summed E-state index contributed by atoms with van der Waals surface area (Å²) < 4.78 is -0.221. The Morgan fingerprint density at radius 3 is 1.50 bits per heavy atom. The van der Waals surface area contributed by atoms with Crippen LogP contribution in [0.15, 0.2) is 106 Å². The lowest BCUT2D eigenvalue weighted by Crippen LogP contribution is -2.31. The molecule has 0 bridgehead atoms. The van der Waals surface area contributed by atoms with E-state index in [4.69, 9.17) is 0 Å². The summed E-state index contributed by atoms with van der Waals surface area (Å²) in [6, 6.07) is 22.8. The van der Waals surface area contributed by atoms with Crippen molar-refractivity contribution in [1.29, 1.82) is 0 Å². The fourth-order valence-corrected chi connectivity index (χ4v) is 7.04. The lowest BCUT2D eigenvalue weighted by molar-refractivity contribution is -0.121. The molecular weight excluding hydrogens is 516 g/mol. The molecule has 5 rings (SSSR count). The number of nitrogens with zero attached hydrogens (tertiary/aromatic N) is 2. The number of rotatable bonds is 7. The molecule has 0 unspecified atom stereocenters. The molecule has 2 heterocycles. The van der Waals surface area contributed by atoms with E-state index < -0.39 is 0 Å². The highest BCUT2D eigenvalue weighted by molar-refractivity contribution is 8.16. The highest BCUT2D eigenvalue weighted by atomic mass is 32.2. The van der Waals surface area contributed by atoms with Crippen molar-refractivity contribution in [3.63, 3.8) is 0 Å². The number of hydrogen-bond donors (Lipinski definition) is 0. The summed E-state index contributed by atoms with van der Waals surface area (Å²) in [6.45, 7) is 5.29. The average molecular weight is 541 g/mol. The molecule has 0 saturated heterocycles. The molecule has 4 amide bonds. The van der Waals surface area contributed by atoms with Gasteiger partial charge in [-0.3, -0.25) is 19.2 Å². The van der Waals surface area contributed by atoms with Crippen molar-refractivity contribution in [3.8, 4) is 0 Å². The Morgan fingerprint density at radius 1 is 0.605 bits per heavy atom. The van der Waals surface area contributed by atoms with Crippen molar-refractivity contribution < 1.29 is 19.2 Å². The van der Waals surface area contributed by atoms with Gasteiger partial charge in [0.1, 0.15) is 0 Å². The molecule has 0 N–H and O–H groups in total. The van der Waals surface area contributed by atoms with Gasteiger partial charge in [0.15, 0.2) is 0 Å². The summed E-state index contributed by atoms with van der Waals surface area (Å²) in [5.41, 5.74) is 3.96. The predicted molar refractivity (Wildman–Crippen MR) is 151 cm³/mol. The number of carbonyl (C=O) groups excluding carboxylic acids is 4. The maximum Gasteiger partial charge on any atom is 0.261 e. The molecule has 8 heteroatoms. The minimum absolute atomic E-state index is 0.221. The number of para-hydroxylation sites is 2. The van der Waals surface area contributed by atoms with Crippen molar-refractivity contribution in [2.24, 2.45) is 0 Å². The van der Waals surface area contributed by atoms with E-state index in [1.807, 2.05) is 49.4 Å². The van der Waals surface area contributed by atoms with Crippen LogP contribution in [-0.4, -0.2) is 23.6 Å². The highest BCUT2D eigenvalue weighted by Gasteiger charge is 2.34. The first kappa shape index (κ1) is 25.8. The summed E-state index contributed by atoms with van der Waals surface area (Å²) in [7, 11) is 0. The molecule has 3 aromatic rings. The summed E-state index contributed by atoms with van der Waals surface area (Å²) in [4.78, 5) is 54.8. The molecule has 0 aliphatic carbocycles. The third-order valence-electron chi connectivity index (χ3n) is 6.20. The molecule has 2 aliphatic rings. The number of carbonyl (C=O) groups is 4.